The number of hydrogen-bond donors (Lipinski definition) is 2. The predicted molar refractivity (Wildman–Crippen MR) is 163 cm³/mol. The molecule has 1 saturated heterocycles. The largest absolute Gasteiger partial charge is 0.347 e. The number of piperidine rings is 1. The van der Waals surface area contributed by atoms with Crippen LogP contribution >= 0.6 is 23.1 Å². The highest BCUT2D eigenvalue weighted by Crippen LogP contribution is 2.55. The van der Waals surface area contributed by atoms with E-state index in [1.165, 1.54) is 31.0 Å². The summed E-state index contributed by atoms with van der Waals surface area (Å²) in [6, 6.07) is 12.2. The Morgan fingerprint density at radius 1 is 0.977 bits per heavy atom. The first-order valence-electron chi connectivity index (χ1n) is 15.1. The average Bonchev–Trinajstić information content (AvgIpc) is 3.49. The van der Waals surface area contributed by atoms with Crippen LogP contribution < -0.4 is 10.6 Å². The summed E-state index contributed by atoms with van der Waals surface area (Å²) in [4.78, 5) is 66.8. The maximum Gasteiger partial charge on any atom is 0.263 e. The number of thiophene rings is 1. The second-order valence-corrected chi connectivity index (χ2v) is 15.2. The van der Waals surface area contributed by atoms with Crippen molar-refractivity contribution in [2.75, 3.05) is 0 Å². The molecule has 4 saturated carbocycles. The van der Waals surface area contributed by atoms with E-state index in [-0.39, 0.29) is 29.9 Å². The highest BCUT2D eigenvalue weighted by atomic mass is 32.2. The third kappa shape index (κ3) is 4.61. The molecule has 0 spiro atoms. The number of hydrogen-bond acceptors (Lipinski definition) is 7. The highest BCUT2D eigenvalue weighted by Gasteiger charge is 2.51. The minimum absolute atomic E-state index is 0.0228. The minimum Gasteiger partial charge on any atom is -0.347 e. The van der Waals surface area contributed by atoms with Gasteiger partial charge in [-0.3, -0.25) is 34.2 Å². The number of benzene rings is 2. The van der Waals surface area contributed by atoms with E-state index in [0.717, 1.165) is 56.9 Å². The van der Waals surface area contributed by atoms with Crippen LogP contribution in [-0.4, -0.2) is 46.0 Å². The van der Waals surface area contributed by atoms with E-state index >= 15 is 0 Å². The fourth-order valence-corrected chi connectivity index (χ4v) is 10.8. The molecule has 0 radical (unpaired) electrons. The summed E-state index contributed by atoms with van der Waals surface area (Å²) < 4.78 is 1.09. The smallest absolute Gasteiger partial charge is 0.263 e. The van der Waals surface area contributed by atoms with Crippen LogP contribution in [0.25, 0.3) is 10.1 Å². The Balaban J connectivity index is 0.978. The first kappa shape index (κ1) is 27.1. The number of fused-ring (bicyclic) bond motifs is 2. The van der Waals surface area contributed by atoms with Gasteiger partial charge in [0.1, 0.15) is 6.04 Å². The minimum atomic E-state index is -0.986. The van der Waals surface area contributed by atoms with Crippen molar-refractivity contribution in [2.45, 2.75) is 73.6 Å². The van der Waals surface area contributed by atoms with Crippen LogP contribution in [0.1, 0.15) is 87.3 Å². The molecule has 3 heterocycles. The first-order valence-corrected chi connectivity index (χ1v) is 16.9. The maximum atomic E-state index is 13.4. The molecule has 10 heteroatoms. The number of imide groups is 2. The third-order valence-electron chi connectivity index (χ3n) is 10.0. The quantitative estimate of drug-likeness (QED) is 0.289. The van der Waals surface area contributed by atoms with Gasteiger partial charge in [0.25, 0.3) is 17.7 Å². The second-order valence-electron chi connectivity index (χ2n) is 13.0. The van der Waals surface area contributed by atoms with Crippen LogP contribution in [0, 0.1) is 17.8 Å². The number of nitrogens with one attached hydrogen (secondary N) is 2. The molecule has 2 aromatic carbocycles. The van der Waals surface area contributed by atoms with Gasteiger partial charge in [0, 0.05) is 37.7 Å². The Labute approximate surface area is 257 Å². The molecule has 1 unspecified atom stereocenters. The zero-order valence-corrected chi connectivity index (χ0v) is 25.2. The van der Waals surface area contributed by atoms with Crippen molar-refractivity contribution in [2.24, 2.45) is 17.8 Å². The van der Waals surface area contributed by atoms with Gasteiger partial charge in [-0.25, -0.2) is 0 Å². The summed E-state index contributed by atoms with van der Waals surface area (Å²) >= 11 is 3.12. The highest BCUT2D eigenvalue weighted by molar-refractivity contribution is 7.98. The Morgan fingerprint density at radius 3 is 2.44 bits per heavy atom. The molecule has 2 N–H and O–H groups in total. The Kier molecular flexibility index (Phi) is 6.31. The van der Waals surface area contributed by atoms with Gasteiger partial charge in [0.05, 0.1) is 11.1 Å². The van der Waals surface area contributed by atoms with E-state index in [2.05, 4.69) is 16.7 Å². The van der Waals surface area contributed by atoms with E-state index in [1.54, 1.807) is 23.5 Å². The summed E-state index contributed by atoms with van der Waals surface area (Å²) in [5.41, 5.74) is 1.26. The van der Waals surface area contributed by atoms with E-state index < -0.39 is 29.7 Å². The molecule has 3 aromatic rings. The van der Waals surface area contributed by atoms with Crippen molar-refractivity contribution in [3.8, 4) is 0 Å². The van der Waals surface area contributed by atoms with E-state index in [0.29, 0.717) is 21.8 Å². The predicted octanol–water partition coefficient (Wildman–Crippen LogP) is 5.29. The molecule has 8 nitrogen and oxygen atoms in total. The van der Waals surface area contributed by atoms with Crippen molar-refractivity contribution < 1.29 is 24.0 Å². The van der Waals surface area contributed by atoms with Gasteiger partial charge in [-0.05, 0) is 104 Å². The van der Waals surface area contributed by atoms with Crippen LogP contribution in [0.2, 0.25) is 0 Å². The van der Waals surface area contributed by atoms with Crippen molar-refractivity contribution in [3.63, 3.8) is 0 Å². The van der Waals surface area contributed by atoms with Crippen LogP contribution in [-0.2, 0) is 15.3 Å². The summed E-state index contributed by atoms with van der Waals surface area (Å²) in [5, 5.41) is 6.74. The van der Waals surface area contributed by atoms with Gasteiger partial charge in [-0.1, -0.05) is 6.07 Å². The molecule has 220 valence electrons. The third-order valence-corrected chi connectivity index (χ3v) is 12.5. The van der Waals surface area contributed by atoms with E-state index in [9.17, 15) is 24.0 Å². The van der Waals surface area contributed by atoms with Crippen molar-refractivity contribution in [1.82, 2.24) is 15.5 Å². The van der Waals surface area contributed by atoms with Gasteiger partial charge in [-0.15, -0.1) is 23.1 Å². The molecule has 4 aliphatic carbocycles. The molecule has 9 rings (SSSR count). The monoisotopic (exact) mass is 613 g/mol. The average molecular weight is 614 g/mol. The number of carbonyl (C=O) groups is 5. The van der Waals surface area contributed by atoms with Gasteiger partial charge in [0.15, 0.2) is 0 Å². The Morgan fingerprint density at radius 2 is 1.72 bits per heavy atom. The van der Waals surface area contributed by atoms with E-state index in [4.69, 9.17) is 0 Å². The summed E-state index contributed by atoms with van der Waals surface area (Å²) in [6.45, 7) is 0. The lowest BCUT2D eigenvalue weighted by molar-refractivity contribution is -0.136. The lowest BCUT2D eigenvalue weighted by Gasteiger charge is -2.56. The lowest BCUT2D eigenvalue weighted by Crippen LogP contribution is -2.59. The van der Waals surface area contributed by atoms with Crippen molar-refractivity contribution in [3.05, 3.63) is 64.0 Å². The van der Waals surface area contributed by atoms with Crippen molar-refractivity contribution >= 4 is 62.7 Å². The standard InChI is InChI=1S/C33H31N3O5S2/c37-27-7-5-24(30(39)34-27)36-31(40)23-2-1-3-26(28(23)32(36)41)42-16-22-12-21-11-20(4-6-25(21)43-22)29(38)35-33-13-17-8-18(14-33)10-19(9-17)15-33/h1-4,6,11-12,17-19,24H,5,7-10,13-16H2,(H,35,38)(H,34,37,39). The lowest BCUT2D eigenvalue weighted by atomic mass is 9.53. The normalized spacial score (nSPS) is 29.3. The number of amides is 5. The first-order chi connectivity index (χ1) is 20.7. The fraction of sp³-hybridized carbons (Fsp3) is 0.424. The van der Waals surface area contributed by atoms with Crippen LogP contribution in [0.4, 0.5) is 0 Å². The zero-order chi connectivity index (χ0) is 29.5. The molecule has 1 aromatic heterocycles. The van der Waals surface area contributed by atoms with Crippen LogP contribution in [0.3, 0.4) is 0 Å². The van der Waals surface area contributed by atoms with Crippen molar-refractivity contribution in [1.29, 1.82) is 0 Å². The Hall–Kier alpha value is -3.50. The van der Waals surface area contributed by atoms with E-state index in [1.807, 2.05) is 24.3 Å². The molecule has 6 aliphatic rings. The molecule has 2 aliphatic heterocycles. The molecule has 4 bridgehead atoms. The van der Waals surface area contributed by atoms with Gasteiger partial charge in [0.2, 0.25) is 11.8 Å². The molecule has 1 atom stereocenters. The van der Waals surface area contributed by atoms with Crippen LogP contribution in [0.15, 0.2) is 47.4 Å². The molecule has 43 heavy (non-hydrogen) atoms. The SMILES string of the molecule is O=C1CCC(N2C(=O)c3cccc(SCc4cc5cc(C(=O)NC67CC8CC(CC(C8)C6)C7)ccc5s4)c3C2=O)C(=O)N1. The Bertz CT molecular complexity index is 1710. The molecule has 5 fully saturated rings. The van der Waals surface area contributed by atoms with Gasteiger partial charge in [-0.2, -0.15) is 0 Å². The fourth-order valence-electron chi connectivity index (χ4n) is 8.64. The zero-order valence-electron chi connectivity index (χ0n) is 23.5. The number of thioether (sulfide) groups is 1. The van der Waals surface area contributed by atoms with Crippen LogP contribution in [0.5, 0.6) is 0 Å². The number of nitrogens with zero attached hydrogens (tertiary/aromatic N) is 1. The summed E-state index contributed by atoms with van der Waals surface area (Å²) in [7, 11) is 0. The molecular weight excluding hydrogens is 583 g/mol. The number of rotatable bonds is 6. The second kappa shape index (κ2) is 10.0. The topological polar surface area (TPSA) is 113 Å². The molecular formula is C33H31N3O5S2. The summed E-state index contributed by atoms with van der Waals surface area (Å²) in [5.74, 6) is 0.910. The summed E-state index contributed by atoms with van der Waals surface area (Å²) in [6.07, 6.45) is 7.59. The van der Waals surface area contributed by atoms with Gasteiger partial charge >= 0.3 is 0 Å². The maximum absolute atomic E-state index is 13.4. The molecule has 5 amide bonds. The number of carbonyl (C=O) groups excluding carboxylic acids is 5. The van der Waals surface area contributed by atoms with Gasteiger partial charge < -0.3 is 5.32 Å².